The van der Waals surface area contributed by atoms with Crippen molar-refractivity contribution in [2.45, 2.75) is 0 Å². The van der Waals surface area contributed by atoms with Gasteiger partial charge in [-0.2, -0.15) is 21.4 Å². The molecule has 0 aliphatic carbocycles. The van der Waals surface area contributed by atoms with E-state index in [0.717, 1.165) is 11.4 Å². The highest BCUT2D eigenvalue weighted by atomic mass is 35.5. The average Bonchev–Trinajstić information content (AvgIpc) is 3.00. The van der Waals surface area contributed by atoms with E-state index >= 15 is 0 Å². The molecule has 1 aromatic carbocycles. The van der Waals surface area contributed by atoms with Crippen LogP contribution >= 0.6 is 23.4 Å². The number of hydrogen-bond donors (Lipinski definition) is 2. The Morgan fingerprint density at radius 2 is 2.15 bits per heavy atom. The van der Waals surface area contributed by atoms with Gasteiger partial charge in [0, 0.05) is 35.9 Å². The molecule has 0 saturated heterocycles. The Morgan fingerprint density at radius 1 is 1.35 bits per heavy atom. The Balaban J connectivity index is 1.85. The lowest BCUT2D eigenvalue weighted by Crippen LogP contribution is -2.30. The van der Waals surface area contributed by atoms with E-state index in [2.05, 4.69) is 20.7 Å². The van der Waals surface area contributed by atoms with Crippen molar-refractivity contribution in [1.29, 1.82) is 0 Å². The Bertz CT molecular complexity index is 933. The second kappa shape index (κ2) is 8.46. The number of carbonyl (C=O) groups excluding carboxylic acids is 1. The van der Waals surface area contributed by atoms with Crippen LogP contribution in [0.5, 0.6) is 0 Å². The van der Waals surface area contributed by atoms with Crippen LogP contribution in [0, 0.1) is 0 Å². The van der Waals surface area contributed by atoms with Crippen LogP contribution in [0.25, 0.3) is 16.9 Å². The van der Waals surface area contributed by atoms with Gasteiger partial charge in [-0.3, -0.25) is 4.79 Å². The fourth-order valence-corrected chi connectivity index (χ4v) is 3.08. The number of thioether (sulfide) groups is 1. The molecule has 3 rings (SSSR count). The van der Waals surface area contributed by atoms with Gasteiger partial charge in [0.15, 0.2) is 5.65 Å². The van der Waals surface area contributed by atoms with Gasteiger partial charge in [0.2, 0.25) is 5.91 Å². The van der Waals surface area contributed by atoms with Crippen LogP contribution in [0.1, 0.15) is 0 Å². The van der Waals surface area contributed by atoms with Gasteiger partial charge in [-0.15, -0.1) is 0 Å². The Hall–Kier alpha value is -2.19. The predicted octanol–water partition coefficient (Wildman–Crippen LogP) is 1.73. The largest absolute Gasteiger partial charge is 0.368 e. The predicted molar refractivity (Wildman–Crippen MR) is 109 cm³/mol. The zero-order valence-corrected chi connectivity index (χ0v) is 15.8. The summed E-state index contributed by atoms with van der Waals surface area (Å²) in [6, 6.07) is 9.36. The van der Waals surface area contributed by atoms with E-state index in [-0.39, 0.29) is 5.91 Å². The van der Waals surface area contributed by atoms with Crippen molar-refractivity contribution < 1.29 is 4.79 Å². The van der Waals surface area contributed by atoms with Gasteiger partial charge >= 0.3 is 0 Å². The van der Waals surface area contributed by atoms with Crippen molar-refractivity contribution in [3.05, 3.63) is 41.6 Å². The molecule has 0 atom stereocenters. The number of anilines is 1. The third-order valence-electron chi connectivity index (χ3n) is 3.68. The van der Waals surface area contributed by atoms with E-state index in [0.29, 0.717) is 40.7 Å². The lowest BCUT2D eigenvalue weighted by atomic mass is 10.0. The number of nitrogens with one attached hydrogen (secondary N) is 2. The topological polar surface area (TPSA) is 71.3 Å². The van der Waals surface area contributed by atoms with Gasteiger partial charge in [-0.25, -0.2) is 4.98 Å². The smallest absolute Gasteiger partial charge is 0.230 e. The fraction of sp³-hybridized carbons (Fsp3) is 0.235. The minimum Gasteiger partial charge on any atom is -0.368 e. The summed E-state index contributed by atoms with van der Waals surface area (Å²) in [4.78, 5) is 16.1. The number of nitrogens with zero attached hydrogens (tertiary/aromatic N) is 3. The van der Waals surface area contributed by atoms with Gasteiger partial charge in [0.25, 0.3) is 0 Å². The maximum Gasteiger partial charge on any atom is 0.230 e. The minimum atomic E-state index is 0.0132. The molecule has 2 heterocycles. The Labute approximate surface area is 162 Å². The van der Waals surface area contributed by atoms with Crippen LogP contribution in [-0.2, 0) is 4.79 Å². The van der Waals surface area contributed by atoms with Crippen LogP contribution in [-0.4, -0.2) is 53.4 Å². The molecule has 0 bridgehead atoms. The molecule has 3 aromatic rings. The number of aromatic nitrogens is 3. The Kier molecular flexibility index (Phi) is 6.06. The summed E-state index contributed by atoms with van der Waals surface area (Å²) >= 11 is 7.79. The molecule has 2 radical (unpaired) electrons. The number of benzene rings is 1. The standard InChI is InChI=1S/C17H17BClN5OS/c1-26-10-16(25)21-7-6-20-15-8-14(11-4-2-3-5-13(11)19)23-17-12(18)9-22-24(15)17/h2-5,8-9,20H,6-7,10H2,1H3,(H,21,25). The Morgan fingerprint density at radius 3 is 2.92 bits per heavy atom. The van der Waals surface area contributed by atoms with E-state index in [1.54, 1.807) is 10.7 Å². The molecule has 2 N–H and O–H groups in total. The number of hydrogen-bond acceptors (Lipinski definition) is 5. The van der Waals surface area contributed by atoms with E-state index in [1.165, 1.54) is 11.8 Å². The molecule has 0 spiro atoms. The summed E-state index contributed by atoms with van der Waals surface area (Å²) in [6.45, 7) is 1.04. The first kappa shape index (κ1) is 18.6. The summed E-state index contributed by atoms with van der Waals surface area (Å²) in [5.41, 5.74) is 2.55. The van der Waals surface area contributed by atoms with Crippen molar-refractivity contribution in [2.75, 3.05) is 30.4 Å². The maximum absolute atomic E-state index is 11.5. The summed E-state index contributed by atoms with van der Waals surface area (Å²) in [5.74, 6) is 1.19. The zero-order valence-electron chi connectivity index (χ0n) is 14.2. The molecule has 0 unspecified atom stereocenters. The van der Waals surface area contributed by atoms with Crippen molar-refractivity contribution in [2.24, 2.45) is 0 Å². The van der Waals surface area contributed by atoms with E-state index in [4.69, 9.17) is 19.4 Å². The molecule has 26 heavy (non-hydrogen) atoms. The summed E-state index contributed by atoms with van der Waals surface area (Å²) in [5, 5.41) is 11.0. The first-order valence-electron chi connectivity index (χ1n) is 7.99. The highest BCUT2D eigenvalue weighted by Gasteiger charge is 2.12. The molecule has 9 heteroatoms. The van der Waals surface area contributed by atoms with Gasteiger partial charge < -0.3 is 10.6 Å². The third kappa shape index (κ3) is 4.13. The first-order chi connectivity index (χ1) is 12.6. The third-order valence-corrected chi connectivity index (χ3v) is 4.56. The van der Waals surface area contributed by atoms with Crippen molar-refractivity contribution >= 4 is 54.0 Å². The molecular weight excluding hydrogens is 369 g/mol. The van der Waals surface area contributed by atoms with Crippen LogP contribution < -0.4 is 16.1 Å². The average molecular weight is 386 g/mol. The zero-order chi connectivity index (χ0) is 18.5. The molecule has 2 aromatic heterocycles. The van der Waals surface area contributed by atoms with Crippen molar-refractivity contribution in [1.82, 2.24) is 19.9 Å². The number of amides is 1. The molecule has 6 nitrogen and oxygen atoms in total. The van der Waals surface area contributed by atoms with E-state index in [1.807, 2.05) is 36.6 Å². The van der Waals surface area contributed by atoms with E-state index in [9.17, 15) is 4.79 Å². The van der Waals surface area contributed by atoms with Gasteiger partial charge in [-0.05, 0) is 17.8 Å². The van der Waals surface area contributed by atoms with Gasteiger partial charge in [0.05, 0.1) is 11.4 Å². The number of fused-ring (bicyclic) bond motifs is 1. The molecule has 1 amide bonds. The van der Waals surface area contributed by atoms with Gasteiger partial charge in [0.1, 0.15) is 13.7 Å². The first-order valence-corrected chi connectivity index (χ1v) is 9.76. The highest BCUT2D eigenvalue weighted by Crippen LogP contribution is 2.28. The normalized spacial score (nSPS) is 10.8. The van der Waals surface area contributed by atoms with Crippen LogP contribution in [0.3, 0.4) is 0 Å². The quantitative estimate of drug-likeness (QED) is 0.479. The SMILES string of the molecule is [B]c1cnn2c(NCCNC(=O)CSC)cc(-c3ccccc3Cl)nc12. The summed E-state index contributed by atoms with van der Waals surface area (Å²) < 4.78 is 1.64. The number of rotatable bonds is 7. The monoisotopic (exact) mass is 385 g/mol. The number of carbonyl (C=O) groups is 1. The van der Waals surface area contributed by atoms with Gasteiger partial charge in [-0.1, -0.05) is 29.8 Å². The molecule has 0 aliphatic rings. The lowest BCUT2D eigenvalue weighted by Gasteiger charge is -2.12. The van der Waals surface area contributed by atoms with Crippen molar-refractivity contribution in [3.8, 4) is 11.3 Å². The summed E-state index contributed by atoms with van der Waals surface area (Å²) in [6.07, 6.45) is 3.45. The molecular formula is C17H17BClN5OS. The summed E-state index contributed by atoms with van der Waals surface area (Å²) in [7, 11) is 5.99. The minimum absolute atomic E-state index is 0.0132. The maximum atomic E-state index is 11.5. The van der Waals surface area contributed by atoms with Crippen LogP contribution in [0.15, 0.2) is 36.5 Å². The van der Waals surface area contributed by atoms with Crippen LogP contribution in [0.4, 0.5) is 5.82 Å². The number of halogens is 1. The highest BCUT2D eigenvalue weighted by molar-refractivity contribution is 7.99. The molecule has 0 saturated carbocycles. The molecule has 132 valence electrons. The van der Waals surface area contributed by atoms with E-state index < -0.39 is 0 Å². The molecule has 0 aliphatic heterocycles. The fourth-order valence-electron chi connectivity index (χ4n) is 2.49. The lowest BCUT2D eigenvalue weighted by molar-refractivity contribution is -0.118. The van der Waals surface area contributed by atoms with Crippen LogP contribution in [0.2, 0.25) is 5.02 Å². The second-order valence-electron chi connectivity index (χ2n) is 5.55. The molecule has 0 fully saturated rings. The van der Waals surface area contributed by atoms with Crippen molar-refractivity contribution in [3.63, 3.8) is 0 Å². The second-order valence-corrected chi connectivity index (χ2v) is 6.82.